The van der Waals surface area contributed by atoms with Crippen LogP contribution in [0.15, 0.2) is 48.5 Å². The number of phenolic OH excluding ortho intramolecular Hbond substituents is 1. The summed E-state index contributed by atoms with van der Waals surface area (Å²) >= 11 is 0. The van der Waals surface area contributed by atoms with Gasteiger partial charge in [0.2, 0.25) is 0 Å². The molecule has 7 heteroatoms. The van der Waals surface area contributed by atoms with Crippen molar-refractivity contribution in [2.75, 3.05) is 32.1 Å². The highest BCUT2D eigenvalue weighted by Gasteiger charge is 2.53. The molecule has 2 N–H and O–H groups in total. The van der Waals surface area contributed by atoms with Gasteiger partial charge < -0.3 is 20.1 Å². The molecule has 3 atom stereocenters. The quantitative estimate of drug-likeness (QED) is 0.460. The maximum absolute atomic E-state index is 13.4. The van der Waals surface area contributed by atoms with Gasteiger partial charge in [0.15, 0.2) is 0 Å². The van der Waals surface area contributed by atoms with Gasteiger partial charge in [0, 0.05) is 35.8 Å². The summed E-state index contributed by atoms with van der Waals surface area (Å²) in [6.07, 6.45) is 6.77. The second-order valence-electron chi connectivity index (χ2n) is 11.4. The number of fused-ring (bicyclic) bond motifs is 2. The van der Waals surface area contributed by atoms with E-state index in [1.165, 1.54) is 41.7 Å². The van der Waals surface area contributed by atoms with Gasteiger partial charge in [-0.15, -0.1) is 0 Å². The molecule has 7 nitrogen and oxygen atoms in total. The third-order valence-electron chi connectivity index (χ3n) is 9.52. The highest BCUT2D eigenvalue weighted by molar-refractivity contribution is 6.08. The highest BCUT2D eigenvalue weighted by Crippen LogP contribution is 2.56. The number of rotatable bonds is 4. The number of carbonyl (C=O) groups is 2. The van der Waals surface area contributed by atoms with Gasteiger partial charge in [-0.1, -0.05) is 37.1 Å². The Morgan fingerprint density at radius 3 is 2.79 bits per heavy atom. The second-order valence-corrected chi connectivity index (χ2v) is 11.4. The molecule has 39 heavy (non-hydrogen) atoms. The van der Waals surface area contributed by atoms with Crippen molar-refractivity contribution in [1.29, 1.82) is 0 Å². The first-order chi connectivity index (χ1) is 18.8. The smallest absolute Gasteiger partial charge is 0.419 e. The number of piperidine rings is 1. The molecule has 0 radical (unpaired) electrons. The Morgan fingerprint density at radius 1 is 1.13 bits per heavy atom. The monoisotopic (exact) mass is 527 g/mol. The van der Waals surface area contributed by atoms with Crippen LogP contribution in [0.1, 0.15) is 60.5 Å². The molecule has 2 aliphatic carbocycles. The fraction of sp³-hybridized carbons (Fsp3) is 0.438. The van der Waals surface area contributed by atoms with E-state index in [2.05, 4.69) is 29.4 Å². The van der Waals surface area contributed by atoms with Gasteiger partial charge >= 0.3 is 6.09 Å². The van der Waals surface area contributed by atoms with Crippen molar-refractivity contribution in [3.05, 3.63) is 65.2 Å². The molecule has 1 saturated heterocycles. The summed E-state index contributed by atoms with van der Waals surface area (Å²) in [5.41, 5.74) is 3.77. The lowest BCUT2D eigenvalue weighted by Gasteiger charge is -2.58. The molecule has 0 spiro atoms. The van der Waals surface area contributed by atoms with Crippen molar-refractivity contribution in [1.82, 2.24) is 10.2 Å². The fourth-order valence-electron chi connectivity index (χ4n) is 7.56. The molecule has 1 heterocycles. The van der Waals surface area contributed by atoms with E-state index < -0.39 is 6.09 Å². The van der Waals surface area contributed by atoms with Gasteiger partial charge in [-0.25, -0.2) is 4.79 Å². The number of carbonyl (C=O) groups excluding carboxylic acids is 2. The van der Waals surface area contributed by atoms with Crippen LogP contribution in [0.2, 0.25) is 0 Å². The maximum Gasteiger partial charge on any atom is 0.419 e. The summed E-state index contributed by atoms with van der Waals surface area (Å²) < 4.78 is 5.95. The molecule has 1 saturated carbocycles. The van der Waals surface area contributed by atoms with Gasteiger partial charge in [-0.3, -0.25) is 9.69 Å². The molecule has 0 aromatic heterocycles. The number of likely N-dealkylation sites (N-methyl/N-ethyl adjacent to an activating group) is 1. The number of hydrogen-bond acceptors (Lipinski definition) is 5. The zero-order valence-corrected chi connectivity index (χ0v) is 23.0. The number of nitrogens with one attached hydrogen (secondary N) is 1. The van der Waals surface area contributed by atoms with E-state index in [9.17, 15) is 14.7 Å². The van der Waals surface area contributed by atoms with Gasteiger partial charge in [-0.05, 0) is 87.5 Å². The number of anilines is 1. The van der Waals surface area contributed by atoms with Crippen molar-refractivity contribution < 1.29 is 19.4 Å². The zero-order valence-electron chi connectivity index (χ0n) is 23.0. The van der Waals surface area contributed by atoms with Crippen LogP contribution >= 0.6 is 0 Å². The molecular weight excluding hydrogens is 490 g/mol. The Labute approximate surface area is 229 Å². The lowest BCUT2D eigenvalue weighted by atomic mass is 9.52. The first-order valence-electron chi connectivity index (χ1n) is 14.2. The van der Waals surface area contributed by atoms with Crippen molar-refractivity contribution in [2.24, 2.45) is 5.92 Å². The number of amides is 2. The van der Waals surface area contributed by atoms with E-state index in [4.69, 9.17) is 4.74 Å². The van der Waals surface area contributed by atoms with Crippen molar-refractivity contribution >= 4 is 28.5 Å². The standard InChI is InChI=1S/C32H37N3O4/c1-4-33-30(37)24-14-13-22-23(29(24)36)8-7-10-27(22)35(3)31(38)39-21-12-11-20-18-28-25-9-5-6-15-32(25,26(20)19-21)16-17-34(28)2/h7-8,10-14,19,25,28,36H,4-6,9,15-18H2,1-3H3,(H,33,37). The summed E-state index contributed by atoms with van der Waals surface area (Å²) in [5.74, 6) is 0.801. The summed E-state index contributed by atoms with van der Waals surface area (Å²) in [4.78, 5) is 29.7. The van der Waals surface area contributed by atoms with E-state index in [-0.39, 0.29) is 22.6 Å². The summed E-state index contributed by atoms with van der Waals surface area (Å²) in [7, 11) is 3.94. The van der Waals surface area contributed by atoms with E-state index in [0.717, 1.165) is 19.4 Å². The van der Waals surface area contributed by atoms with Crippen LogP contribution in [0, 0.1) is 5.92 Å². The van der Waals surface area contributed by atoms with Crippen molar-refractivity contribution in [2.45, 2.75) is 56.9 Å². The molecule has 3 aromatic carbocycles. The minimum Gasteiger partial charge on any atom is -0.506 e. The number of benzene rings is 3. The third-order valence-corrected chi connectivity index (χ3v) is 9.52. The average Bonchev–Trinajstić information content (AvgIpc) is 2.95. The van der Waals surface area contributed by atoms with Crippen LogP contribution in [0.25, 0.3) is 10.8 Å². The number of aromatic hydroxyl groups is 1. The van der Waals surface area contributed by atoms with Gasteiger partial charge in [0.25, 0.3) is 5.91 Å². The van der Waals surface area contributed by atoms with Crippen molar-refractivity contribution in [3.8, 4) is 11.5 Å². The van der Waals surface area contributed by atoms with Gasteiger partial charge in [0.05, 0.1) is 11.3 Å². The van der Waals surface area contributed by atoms with Gasteiger partial charge in [-0.2, -0.15) is 0 Å². The molecule has 3 aliphatic rings. The minimum atomic E-state index is -0.496. The molecule has 3 aromatic rings. The predicted molar refractivity (Wildman–Crippen MR) is 153 cm³/mol. The molecule has 2 bridgehead atoms. The third kappa shape index (κ3) is 4.15. The SMILES string of the molecule is CCNC(=O)c1ccc2c(N(C)C(=O)Oc3ccc4c(c3)C35CCCCC3C(C4)N(C)CC5)cccc2c1O. The van der Waals surface area contributed by atoms with E-state index in [0.29, 0.717) is 40.7 Å². The van der Waals surface area contributed by atoms with Crippen LogP contribution in [-0.2, 0) is 11.8 Å². The molecule has 204 valence electrons. The van der Waals surface area contributed by atoms with Gasteiger partial charge in [0.1, 0.15) is 11.5 Å². The molecule has 2 fully saturated rings. The summed E-state index contributed by atoms with van der Waals surface area (Å²) in [5, 5.41) is 14.7. The Hall–Kier alpha value is -3.58. The Kier molecular flexibility index (Phi) is 6.50. The van der Waals surface area contributed by atoms with Crippen molar-refractivity contribution in [3.63, 3.8) is 0 Å². The normalized spacial score (nSPS) is 24.0. The first-order valence-corrected chi connectivity index (χ1v) is 14.2. The van der Waals surface area contributed by atoms with Crippen LogP contribution in [0.5, 0.6) is 11.5 Å². The van der Waals surface area contributed by atoms with Crippen LogP contribution < -0.4 is 15.0 Å². The maximum atomic E-state index is 13.4. The highest BCUT2D eigenvalue weighted by atomic mass is 16.6. The first kappa shape index (κ1) is 25.7. The average molecular weight is 528 g/mol. The molecule has 3 unspecified atom stereocenters. The number of phenols is 1. The lowest BCUT2D eigenvalue weighted by molar-refractivity contribution is 0.00275. The Bertz CT molecular complexity index is 1450. The van der Waals surface area contributed by atoms with E-state index >= 15 is 0 Å². The zero-order chi connectivity index (χ0) is 27.3. The van der Waals surface area contributed by atoms with E-state index in [1.54, 1.807) is 31.3 Å². The second kappa shape index (κ2) is 9.87. The molecule has 1 aliphatic heterocycles. The number of likely N-dealkylation sites (tertiary alicyclic amines) is 1. The molecular formula is C32H37N3O4. The Balaban J connectivity index is 1.29. The summed E-state index contributed by atoms with van der Waals surface area (Å²) in [6.45, 7) is 3.41. The number of nitrogens with zero attached hydrogens (tertiary/aromatic N) is 2. The Morgan fingerprint density at radius 2 is 1.97 bits per heavy atom. The predicted octanol–water partition coefficient (Wildman–Crippen LogP) is 5.62. The van der Waals surface area contributed by atoms with Crippen LogP contribution in [0.4, 0.5) is 10.5 Å². The minimum absolute atomic E-state index is 0.102. The fourth-order valence-corrected chi connectivity index (χ4v) is 7.56. The number of ether oxygens (including phenoxy) is 1. The topological polar surface area (TPSA) is 82.1 Å². The largest absolute Gasteiger partial charge is 0.506 e. The molecule has 6 rings (SSSR count). The number of hydrogen-bond donors (Lipinski definition) is 2. The molecule has 2 amide bonds. The lowest BCUT2D eigenvalue weighted by Crippen LogP contribution is -2.59. The van der Waals surface area contributed by atoms with E-state index in [1.807, 2.05) is 19.1 Å². The summed E-state index contributed by atoms with van der Waals surface area (Å²) in [6, 6.07) is 15.5. The van der Waals surface area contributed by atoms with Crippen LogP contribution in [0.3, 0.4) is 0 Å². The van der Waals surface area contributed by atoms with Crippen LogP contribution in [-0.4, -0.2) is 55.2 Å².